The molecule has 0 saturated carbocycles. The Morgan fingerprint density at radius 3 is 2.72 bits per heavy atom. The molecule has 94 valence electrons. The fourth-order valence-electron chi connectivity index (χ4n) is 1.67. The van der Waals surface area contributed by atoms with Crippen molar-refractivity contribution in [1.29, 1.82) is 0 Å². The normalized spacial score (nSPS) is 10.4. The molecule has 1 amide bonds. The molecule has 2 aromatic rings. The SMILES string of the molecule is Cc1nn(C)c(Oc2ccccc2I)c1C(N)=O. The lowest BCUT2D eigenvalue weighted by atomic mass is 10.2. The van der Waals surface area contributed by atoms with Gasteiger partial charge in [0.2, 0.25) is 5.88 Å². The van der Waals surface area contributed by atoms with Crippen LogP contribution in [0.1, 0.15) is 16.1 Å². The van der Waals surface area contributed by atoms with Crippen LogP contribution in [0.2, 0.25) is 0 Å². The van der Waals surface area contributed by atoms with Crippen molar-refractivity contribution >= 4 is 28.5 Å². The summed E-state index contributed by atoms with van der Waals surface area (Å²) in [5.41, 5.74) is 6.22. The summed E-state index contributed by atoms with van der Waals surface area (Å²) in [6.45, 7) is 1.73. The molecule has 1 aromatic carbocycles. The molecule has 1 heterocycles. The predicted molar refractivity (Wildman–Crippen MR) is 75.7 cm³/mol. The molecule has 0 spiro atoms. The summed E-state index contributed by atoms with van der Waals surface area (Å²) in [6.07, 6.45) is 0. The Hall–Kier alpha value is -1.57. The number of nitrogens with two attached hydrogens (primary N) is 1. The number of hydrogen-bond acceptors (Lipinski definition) is 3. The number of halogens is 1. The summed E-state index contributed by atoms with van der Waals surface area (Å²) in [6, 6.07) is 7.53. The van der Waals surface area contributed by atoms with E-state index in [2.05, 4.69) is 27.7 Å². The number of para-hydroxylation sites is 1. The average Bonchev–Trinajstić information content (AvgIpc) is 2.57. The van der Waals surface area contributed by atoms with Crippen LogP contribution in [0.25, 0.3) is 0 Å². The van der Waals surface area contributed by atoms with Crippen LogP contribution in [0.4, 0.5) is 0 Å². The molecule has 0 unspecified atom stereocenters. The van der Waals surface area contributed by atoms with Gasteiger partial charge in [-0.2, -0.15) is 5.10 Å². The highest BCUT2D eigenvalue weighted by atomic mass is 127. The Bertz CT molecular complexity index is 607. The van der Waals surface area contributed by atoms with Gasteiger partial charge in [-0.1, -0.05) is 12.1 Å². The molecule has 0 atom stereocenters. The summed E-state index contributed by atoms with van der Waals surface area (Å²) in [5.74, 6) is 0.495. The molecule has 2 N–H and O–H groups in total. The highest BCUT2D eigenvalue weighted by Crippen LogP contribution is 2.29. The number of aryl methyl sites for hydroxylation is 2. The van der Waals surface area contributed by atoms with Gasteiger partial charge in [-0.05, 0) is 41.6 Å². The van der Waals surface area contributed by atoms with E-state index in [1.807, 2.05) is 24.3 Å². The Labute approximate surface area is 118 Å². The van der Waals surface area contributed by atoms with Crippen LogP contribution in [0.3, 0.4) is 0 Å². The van der Waals surface area contributed by atoms with Crippen molar-refractivity contribution in [3.8, 4) is 11.6 Å². The summed E-state index contributed by atoms with van der Waals surface area (Å²) in [7, 11) is 1.71. The fraction of sp³-hybridized carbons (Fsp3) is 0.167. The van der Waals surface area contributed by atoms with Gasteiger partial charge in [0, 0.05) is 7.05 Å². The maximum Gasteiger partial charge on any atom is 0.256 e. The van der Waals surface area contributed by atoms with Gasteiger partial charge in [0.1, 0.15) is 11.3 Å². The third-order valence-electron chi connectivity index (χ3n) is 2.46. The number of primary amides is 1. The van der Waals surface area contributed by atoms with Crippen molar-refractivity contribution < 1.29 is 9.53 Å². The lowest BCUT2D eigenvalue weighted by Gasteiger charge is -2.08. The first-order valence-electron chi connectivity index (χ1n) is 5.26. The number of ether oxygens (including phenoxy) is 1. The van der Waals surface area contributed by atoms with Crippen LogP contribution < -0.4 is 10.5 Å². The molecule has 1 aromatic heterocycles. The van der Waals surface area contributed by atoms with Crippen LogP contribution in [-0.2, 0) is 7.05 Å². The quantitative estimate of drug-likeness (QED) is 0.857. The molecular formula is C12H12IN3O2. The third-order valence-corrected chi connectivity index (χ3v) is 3.35. The zero-order valence-corrected chi connectivity index (χ0v) is 12.1. The van der Waals surface area contributed by atoms with Crippen molar-refractivity contribution in [3.63, 3.8) is 0 Å². The predicted octanol–water partition coefficient (Wildman–Crippen LogP) is 2.22. The number of carbonyl (C=O) groups excluding carboxylic acids is 1. The van der Waals surface area contributed by atoms with Crippen LogP contribution >= 0.6 is 22.6 Å². The first kappa shape index (κ1) is 12.9. The minimum absolute atomic E-state index is 0.317. The van der Waals surface area contributed by atoms with Crippen molar-refractivity contribution in [1.82, 2.24) is 9.78 Å². The van der Waals surface area contributed by atoms with E-state index in [1.165, 1.54) is 4.68 Å². The Kier molecular flexibility index (Phi) is 3.55. The second kappa shape index (κ2) is 4.97. The molecule has 0 aliphatic heterocycles. The largest absolute Gasteiger partial charge is 0.437 e. The van der Waals surface area contributed by atoms with E-state index >= 15 is 0 Å². The molecule has 6 heteroatoms. The molecule has 0 aliphatic rings. The Morgan fingerprint density at radius 1 is 1.44 bits per heavy atom. The van der Waals surface area contributed by atoms with Gasteiger partial charge >= 0.3 is 0 Å². The topological polar surface area (TPSA) is 70.1 Å². The van der Waals surface area contributed by atoms with Gasteiger partial charge < -0.3 is 10.5 Å². The number of rotatable bonds is 3. The van der Waals surface area contributed by atoms with E-state index in [4.69, 9.17) is 10.5 Å². The highest BCUT2D eigenvalue weighted by molar-refractivity contribution is 14.1. The van der Waals surface area contributed by atoms with Crippen molar-refractivity contribution in [2.75, 3.05) is 0 Å². The third kappa shape index (κ3) is 2.33. The maximum absolute atomic E-state index is 11.4. The zero-order chi connectivity index (χ0) is 13.3. The van der Waals surface area contributed by atoms with Gasteiger partial charge in [-0.15, -0.1) is 0 Å². The lowest BCUT2D eigenvalue weighted by molar-refractivity contribution is 0.0997. The number of hydrogen-bond donors (Lipinski definition) is 1. The summed E-state index contributed by atoms with van der Waals surface area (Å²) < 4.78 is 8.21. The Morgan fingerprint density at radius 2 is 2.11 bits per heavy atom. The van der Waals surface area contributed by atoms with E-state index < -0.39 is 5.91 Å². The summed E-state index contributed by atoms with van der Waals surface area (Å²) in [5, 5.41) is 4.15. The Balaban J connectivity index is 2.47. The number of nitrogens with zero attached hydrogens (tertiary/aromatic N) is 2. The first-order valence-corrected chi connectivity index (χ1v) is 6.34. The second-order valence-corrected chi connectivity index (χ2v) is 4.95. The van der Waals surface area contributed by atoms with E-state index in [0.717, 1.165) is 3.57 Å². The molecular weight excluding hydrogens is 345 g/mol. The van der Waals surface area contributed by atoms with Crippen molar-refractivity contribution in [2.24, 2.45) is 12.8 Å². The molecule has 0 saturated heterocycles. The van der Waals surface area contributed by atoms with Gasteiger partial charge in [0.25, 0.3) is 5.91 Å². The molecule has 0 bridgehead atoms. The molecule has 2 rings (SSSR count). The van der Waals surface area contributed by atoms with Crippen LogP contribution in [0.5, 0.6) is 11.6 Å². The van der Waals surface area contributed by atoms with Crippen LogP contribution in [0.15, 0.2) is 24.3 Å². The van der Waals surface area contributed by atoms with E-state index in [0.29, 0.717) is 22.9 Å². The van der Waals surface area contributed by atoms with Gasteiger partial charge in [-0.3, -0.25) is 4.79 Å². The van der Waals surface area contributed by atoms with Crippen molar-refractivity contribution in [2.45, 2.75) is 6.92 Å². The molecule has 5 nitrogen and oxygen atoms in total. The maximum atomic E-state index is 11.4. The molecule has 0 fully saturated rings. The van der Waals surface area contributed by atoms with E-state index in [-0.39, 0.29) is 0 Å². The van der Waals surface area contributed by atoms with Gasteiger partial charge in [-0.25, -0.2) is 4.68 Å². The standard InChI is InChI=1S/C12H12IN3O2/c1-7-10(11(14)17)12(16(2)15-7)18-9-6-4-3-5-8(9)13/h3-6H,1-2H3,(H2,14,17). The summed E-state index contributed by atoms with van der Waals surface area (Å²) in [4.78, 5) is 11.4. The van der Waals surface area contributed by atoms with Gasteiger partial charge in [0.15, 0.2) is 0 Å². The lowest BCUT2D eigenvalue weighted by Crippen LogP contribution is -2.13. The monoisotopic (exact) mass is 357 g/mol. The summed E-state index contributed by atoms with van der Waals surface area (Å²) >= 11 is 2.16. The van der Waals surface area contributed by atoms with Crippen LogP contribution in [-0.4, -0.2) is 15.7 Å². The highest BCUT2D eigenvalue weighted by Gasteiger charge is 2.20. The molecule has 18 heavy (non-hydrogen) atoms. The number of carbonyl (C=O) groups is 1. The minimum Gasteiger partial charge on any atom is -0.437 e. The van der Waals surface area contributed by atoms with E-state index in [9.17, 15) is 4.79 Å². The molecule has 0 aliphatic carbocycles. The fourth-order valence-corrected chi connectivity index (χ4v) is 2.17. The zero-order valence-electron chi connectivity index (χ0n) is 9.98. The number of aromatic nitrogens is 2. The number of amides is 1. The number of benzene rings is 1. The van der Waals surface area contributed by atoms with Crippen LogP contribution in [0, 0.1) is 10.5 Å². The van der Waals surface area contributed by atoms with Crippen molar-refractivity contribution in [3.05, 3.63) is 39.1 Å². The van der Waals surface area contributed by atoms with E-state index in [1.54, 1.807) is 14.0 Å². The molecule has 0 radical (unpaired) electrons. The van der Waals surface area contributed by atoms with Gasteiger partial charge in [0.05, 0.1) is 9.26 Å². The smallest absolute Gasteiger partial charge is 0.256 e. The second-order valence-electron chi connectivity index (χ2n) is 3.79. The first-order chi connectivity index (χ1) is 8.50. The average molecular weight is 357 g/mol. The minimum atomic E-state index is -0.540.